The molecule has 18 heavy (non-hydrogen) atoms. The molecule has 0 saturated carbocycles. The number of nitrogens with zero attached hydrogens (tertiary/aromatic N) is 2. The molecule has 0 aliphatic carbocycles. The van der Waals surface area contributed by atoms with Crippen LogP contribution in [0.1, 0.15) is 19.5 Å². The lowest BCUT2D eigenvalue weighted by Crippen LogP contribution is -2.05. The molecular formula is C14H17N3O. The maximum Gasteiger partial charge on any atom is 0.138 e. The standard InChI is InChI=1S/C14H17N3O/c1-9(2)18-12-6-11(7-16-8-12)13-4-5-14(15)17-10(13)3/h4-9H,1-3H3,(H2,15,17). The van der Waals surface area contributed by atoms with E-state index in [0.29, 0.717) is 5.82 Å². The Balaban J connectivity index is 2.38. The first-order valence-corrected chi connectivity index (χ1v) is 5.91. The number of rotatable bonds is 3. The van der Waals surface area contributed by atoms with Gasteiger partial charge in [0, 0.05) is 23.0 Å². The largest absolute Gasteiger partial charge is 0.489 e. The van der Waals surface area contributed by atoms with Crippen molar-refractivity contribution in [1.29, 1.82) is 0 Å². The van der Waals surface area contributed by atoms with E-state index >= 15 is 0 Å². The highest BCUT2D eigenvalue weighted by molar-refractivity contribution is 5.67. The molecule has 0 radical (unpaired) electrons. The molecule has 0 aliphatic rings. The van der Waals surface area contributed by atoms with E-state index in [-0.39, 0.29) is 6.10 Å². The second-order valence-electron chi connectivity index (χ2n) is 4.45. The Morgan fingerprint density at radius 2 is 2.00 bits per heavy atom. The molecule has 2 aromatic rings. The molecule has 0 amide bonds. The van der Waals surface area contributed by atoms with Gasteiger partial charge in [0.2, 0.25) is 0 Å². The molecule has 0 aliphatic heterocycles. The lowest BCUT2D eigenvalue weighted by Gasteiger charge is -2.11. The van der Waals surface area contributed by atoms with Gasteiger partial charge in [-0.1, -0.05) is 0 Å². The van der Waals surface area contributed by atoms with Gasteiger partial charge in [-0.05, 0) is 39.0 Å². The molecule has 4 nitrogen and oxygen atoms in total. The average molecular weight is 243 g/mol. The van der Waals surface area contributed by atoms with Crippen LogP contribution in [0.15, 0.2) is 30.6 Å². The Bertz CT molecular complexity index is 552. The van der Waals surface area contributed by atoms with Crippen molar-refractivity contribution < 1.29 is 4.74 Å². The second-order valence-corrected chi connectivity index (χ2v) is 4.45. The maximum absolute atomic E-state index is 5.65. The number of nitrogen functional groups attached to an aromatic ring is 1. The van der Waals surface area contributed by atoms with Crippen molar-refractivity contribution in [3.63, 3.8) is 0 Å². The topological polar surface area (TPSA) is 61.0 Å². The van der Waals surface area contributed by atoms with E-state index in [1.807, 2.05) is 32.9 Å². The van der Waals surface area contributed by atoms with Crippen LogP contribution >= 0.6 is 0 Å². The highest BCUT2D eigenvalue weighted by Crippen LogP contribution is 2.25. The smallest absolute Gasteiger partial charge is 0.138 e. The Labute approximate surface area is 107 Å². The lowest BCUT2D eigenvalue weighted by atomic mass is 10.1. The fourth-order valence-electron chi connectivity index (χ4n) is 1.79. The van der Waals surface area contributed by atoms with Crippen LogP contribution in [-0.4, -0.2) is 16.1 Å². The van der Waals surface area contributed by atoms with Gasteiger partial charge in [0.1, 0.15) is 11.6 Å². The third kappa shape index (κ3) is 2.77. The summed E-state index contributed by atoms with van der Waals surface area (Å²) in [6.07, 6.45) is 3.64. The fraction of sp³-hybridized carbons (Fsp3) is 0.286. The molecule has 94 valence electrons. The third-order valence-corrected chi connectivity index (χ3v) is 2.50. The summed E-state index contributed by atoms with van der Waals surface area (Å²) < 4.78 is 5.63. The number of anilines is 1. The summed E-state index contributed by atoms with van der Waals surface area (Å²) in [6.45, 7) is 5.91. The maximum atomic E-state index is 5.65. The van der Waals surface area contributed by atoms with Crippen molar-refractivity contribution in [1.82, 2.24) is 9.97 Å². The number of ether oxygens (including phenoxy) is 1. The zero-order chi connectivity index (χ0) is 13.1. The first-order chi connectivity index (χ1) is 8.56. The van der Waals surface area contributed by atoms with Crippen molar-refractivity contribution in [3.05, 3.63) is 36.3 Å². The van der Waals surface area contributed by atoms with Crippen LogP contribution in [0.5, 0.6) is 5.75 Å². The predicted octanol–water partition coefficient (Wildman–Crippen LogP) is 2.82. The number of hydrogen-bond acceptors (Lipinski definition) is 4. The normalized spacial score (nSPS) is 10.7. The Morgan fingerprint density at radius 1 is 1.22 bits per heavy atom. The van der Waals surface area contributed by atoms with Crippen molar-refractivity contribution >= 4 is 5.82 Å². The molecule has 2 rings (SSSR count). The summed E-state index contributed by atoms with van der Waals surface area (Å²) in [5.41, 5.74) is 8.54. The number of hydrogen-bond donors (Lipinski definition) is 1. The van der Waals surface area contributed by atoms with Crippen LogP contribution in [0, 0.1) is 6.92 Å². The number of nitrogens with two attached hydrogens (primary N) is 1. The summed E-state index contributed by atoms with van der Waals surface area (Å²) in [7, 11) is 0. The molecule has 0 atom stereocenters. The number of aromatic nitrogens is 2. The first-order valence-electron chi connectivity index (χ1n) is 5.91. The third-order valence-electron chi connectivity index (χ3n) is 2.50. The molecular weight excluding hydrogens is 226 g/mol. The minimum atomic E-state index is 0.132. The quantitative estimate of drug-likeness (QED) is 0.900. The summed E-state index contributed by atoms with van der Waals surface area (Å²) in [6, 6.07) is 5.71. The van der Waals surface area contributed by atoms with Crippen molar-refractivity contribution in [2.75, 3.05) is 5.73 Å². The molecule has 0 fully saturated rings. The van der Waals surface area contributed by atoms with Gasteiger partial charge >= 0.3 is 0 Å². The van der Waals surface area contributed by atoms with Gasteiger partial charge in [0.25, 0.3) is 0 Å². The van der Waals surface area contributed by atoms with E-state index in [2.05, 4.69) is 9.97 Å². The second kappa shape index (κ2) is 5.04. The van der Waals surface area contributed by atoms with Gasteiger partial charge in [0.05, 0.1) is 12.3 Å². The Hall–Kier alpha value is -2.10. The highest BCUT2D eigenvalue weighted by atomic mass is 16.5. The van der Waals surface area contributed by atoms with E-state index in [1.165, 1.54) is 0 Å². The number of aryl methyl sites for hydroxylation is 1. The minimum absolute atomic E-state index is 0.132. The Kier molecular flexibility index (Phi) is 3.46. The Morgan fingerprint density at radius 3 is 2.67 bits per heavy atom. The molecule has 2 N–H and O–H groups in total. The molecule has 2 heterocycles. The van der Waals surface area contributed by atoms with Crippen molar-refractivity contribution in [2.45, 2.75) is 26.9 Å². The highest BCUT2D eigenvalue weighted by Gasteiger charge is 2.06. The molecule has 0 saturated heterocycles. The van der Waals surface area contributed by atoms with Crippen LogP contribution < -0.4 is 10.5 Å². The van der Waals surface area contributed by atoms with Gasteiger partial charge in [0.15, 0.2) is 0 Å². The van der Waals surface area contributed by atoms with E-state index in [4.69, 9.17) is 10.5 Å². The molecule has 4 heteroatoms. The van der Waals surface area contributed by atoms with Crippen molar-refractivity contribution in [3.8, 4) is 16.9 Å². The summed E-state index contributed by atoms with van der Waals surface area (Å²) in [5, 5.41) is 0. The van der Waals surface area contributed by atoms with E-state index < -0.39 is 0 Å². The van der Waals surface area contributed by atoms with E-state index in [0.717, 1.165) is 22.6 Å². The average Bonchev–Trinajstić information content (AvgIpc) is 2.28. The fourth-order valence-corrected chi connectivity index (χ4v) is 1.79. The van der Waals surface area contributed by atoms with Crippen LogP contribution in [0.3, 0.4) is 0 Å². The molecule has 0 bridgehead atoms. The monoisotopic (exact) mass is 243 g/mol. The molecule has 0 spiro atoms. The SMILES string of the molecule is Cc1nc(N)ccc1-c1cncc(OC(C)C)c1. The molecule has 0 aromatic carbocycles. The van der Waals surface area contributed by atoms with E-state index in [9.17, 15) is 0 Å². The van der Waals surface area contributed by atoms with Crippen LogP contribution in [-0.2, 0) is 0 Å². The van der Waals surface area contributed by atoms with Gasteiger partial charge < -0.3 is 10.5 Å². The van der Waals surface area contributed by atoms with Gasteiger partial charge in [-0.15, -0.1) is 0 Å². The zero-order valence-corrected chi connectivity index (χ0v) is 10.8. The summed E-state index contributed by atoms with van der Waals surface area (Å²) in [4.78, 5) is 8.44. The van der Waals surface area contributed by atoms with Crippen molar-refractivity contribution in [2.24, 2.45) is 0 Å². The molecule has 2 aromatic heterocycles. The van der Waals surface area contributed by atoms with Gasteiger partial charge in [-0.2, -0.15) is 0 Å². The lowest BCUT2D eigenvalue weighted by molar-refractivity contribution is 0.241. The van der Waals surface area contributed by atoms with Crippen LogP contribution in [0.25, 0.3) is 11.1 Å². The van der Waals surface area contributed by atoms with Crippen LogP contribution in [0.2, 0.25) is 0 Å². The zero-order valence-electron chi connectivity index (χ0n) is 10.8. The van der Waals surface area contributed by atoms with Gasteiger partial charge in [-0.3, -0.25) is 4.98 Å². The van der Waals surface area contributed by atoms with E-state index in [1.54, 1.807) is 18.5 Å². The summed E-state index contributed by atoms with van der Waals surface area (Å²) >= 11 is 0. The van der Waals surface area contributed by atoms with Crippen LogP contribution in [0.4, 0.5) is 5.82 Å². The van der Waals surface area contributed by atoms with Gasteiger partial charge in [-0.25, -0.2) is 4.98 Å². The summed E-state index contributed by atoms with van der Waals surface area (Å²) in [5.74, 6) is 1.29. The first kappa shape index (κ1) is 12.4. The number of pyridine rings is 2. The molecule has 0 unspecified atom stereocenters. The minimum Gasteiger partial charge on any atom is -0.489 e. The predicted molar refractivity (Wildman–Crippen MR) is 72.4 cm³/mol.